The number of urea groups is 1. The third-order valence-electron chi connectivity index (χ3n) is 5.53. The average molecular weight is 499 g/mol. The van der Waals surface area contributed by atoms with E-state index in [1.165, 1.54) is 27.7 Å². The molecule has 2 amide bonds. The molecule has 0 aliphatic heterocycles. The van der Waals surface area contributed by atoms with Crippen molar-refractivity contribution in [2.75, 3.05) is 12.4 Å². The predicted octanol–water partition coefficient (Wildman–Crippen LogP) is 6.45. The summed E-state index contributed by atoms with van der Waals surface area (Å²) in [5.74, 6) is -0.261. The number of halogens is 3. The number of fused-ring (bicyclic) bond motifs is 1. The van der Waals surface area contributed by atoms with Crippen LogP contribution in [0.3, 0.4) is 0 Å². The van der Waals surface area contributed by atoms with Gasteiger partial charge in [0.1, 0.15) is 11.6 Å². The first-order valence-electron chi connectivity index (χ1n) is 10.6. The molecule has 1 aromatic heterocycles. The number of benzene rings is 3. The molecule has 1 N–H and O–H groups in total. The van der Waals surface area contributed by atoms with Crippen molar-refractivity contribution in [2.24, 2.45) is 0 Å². The van der Waals surface area contributed by atoms with E-state index in [0.29, 0.717) is 39.5 Å². The lowest BCUT2D eigenvalue weighted by molar-refractivity contribution is 0.199. The van der Waals surface area contributed by atoms with Gasteiger partial charge < -0.3 is 10.2 Å². The average Bonchev–Trinajstić information content (AvgIpc) is 2.83. The summed E-state index contributed by atoms with van der Waals surface area (Å²) in [6, 6.07) is 16.8. The molecule has 0 saturated carbocycles. The van der Waals surface area contributed by atoms with Gasteiger partial charge >= 0.3 is 6.03 Å². The number of hydrogen-bond donors (Lipinski definition) is 1. The molecule has 1 unspecified atom stereocenters. The fourth-order valence-electron chi connectivity index (χ4n) is 3.76. The van der Waals surface area contributed by atoms with Gasteiger partial charge in [0, 0.05) is 17.8 Å². The molecule has 0 fully saturated rings. The van der Waals surface area contributed by atoms with Gasteiger partial charge in [0.25, 0.3) is 5.56 Å². The third kappa shape index (κ3) is 4.62. The molecule has 0 spiro atoms. The second kappa shape index (κ2) is 9.83. The van der Waals surface area contributed by atoms with Gasteiger partial charge in [0.15, 0.2) is 0 Å². The largest absolute Gasteiger partial charge is 0.322 e. The van der Waals surface area contributed by atoms with Crippen molar-refractivity contribution >= 4 is 45.8 Å². The van der Waals surface area contributed by atoms with E-state index in [0.717, 1.165) is 0 Å². The molecule has 1 atom stereocenters. The number of carbonyl (C=O) groups excluding carboxylic acids is 1. The van der Waals surface area contributed by atoms with Crippen LogP contribution in [0.2, 0.25) is 10.0 Å². The maximum atomic E-state index is 13.9. The van der Waals surface area contributed by atoms with Crippen LogP contribution in [0.5, 0.6) is 0 Å². The summed E-state index contributed by atoms with van der Waals surface area (Å²) in [5.41, 5.74) is 1.09. The fraction of sp³-hybridized carbons (Fsp3) is 0.160. The Morgan fingerprint density at radius 3 is 2.50 bits per heavy atom. The van der Waals surface area contributed by atoms with Gasteiger partial charge in [-0.2, -0.15) is 0 Å². The Labute approximate surface area is 205 Å². The quantitative estimate of drug-likeness (QED) is 0.343. The second-order valence-corrected chi connectivity index (χ2v) is 8.54. The van der Waals surface area contributed by atoms with E-state index in [1.54, 1.807) is 55.6 Å². The maximum absolute atomic E-state index is 13.9. The van der Waals surface area contributed by atoms with Gasteiger partial charge in [-0.15, -0.1) is 0 Å². The Bertz CT molecular complexity index is 1420. The monoisotopic (exact) mass is 498 g/mol. The summed E-state index contributed by atoms with van der Waals surface area (Å²) in [4.78, 5) is 32.8. The number of aromatic nitrogens is 2. The van der Waals surface area contributed by atoms with E-state index in [-0.39, 0.29) is 16.6 Å². The molecule has 0 saturated heterocycles. The normalized spacial score (nSPS) is 11.9. The molecule has 0 bridgehead atoms. The summed E-state index contributed by atoms with van der Waals surface area (Å²) in [5, 5.41) is 3.66. The van der Waals surface area contributed by atoms with Gasteiger partial charge in [-0.25, -0.2) is 14.2 Å². The number of carbonyl (C=O) groups is 1. The number of hydrogen-bond acceptors (Lipinski definition) is 3. The SMILES string of the molecule is CCC(c1nc2ccccc2c(=O)n1-c1ccc(F)c(Cl)c1)N(C)C(=O)Nc1ccc(Cl)cc1. The smallest absolute Gasteiger partial charge is 0.317 e. The molecule has 0 aliphatic rings. The molecular weight excluding hydrogens is 478 g/mol. The molecular formula is C25H21Cl2FN4O2. The highest BCUT2D eigenvalue weighted by molar-refractivity contribution is 6.31. The van der Waals surface area contributed by atoms with E-state index < -0.39 is 11.9 Å². The number of nitrogens with one attached hydrogen (secondary N) is 1. The highest BCUT2D eigenvalue weighted by Gasteiger charge is 2.27. The van der Waals surface area contributed by atoms with E-state index in [9.17, 15) is 14.0 Å². The van der Waals surface area contributed by atoms with Crippen molar-refractivity contribution in [3.05, 3.63) is 98.8 Å². The maximum Gasteiger partial charge on any atom is 0.322 e. The molecule has 0 aliphatic carbocycles. The van der Waals surface area contributed by atoms with Gasteiger partial charge in [0.05, 0.1) is 27.7 Å². The first-order chi connectivity index (χ1) is 16.3. The molecule has 9 heteroatoms. The summed E-state index contributed by atoms with van der Waals surface area (Å²) in [6.07, 6.45) is 0.463. The van der Waals surface area contributed by atoms with Gasteiger partial charge in [0.2, 0.25) is 0 Å². The minimum absolute atomic E-state index is 0.120. The van der Waals surface area contributed by atoms with E-state index in [1.807, 2.05) is 6.92 Å². The van der Waals surface area contributed by atoms with Crippen molar-refractivity contribution in [2.45, 2.75) is 19.4 Å². The van der Waals surface area contributed by atoms with Crippen molar-refractivity contribution in [3.8, 4) is 5.69 Å². The molecule has 174 valence electrons. The zero-order chi connectivity index (χ0) is 24.4. The topological polar surface area (TPSA) is 67.2 Å². The summed E-state index contributed by atoms with van der Waals surface area (Å²) >= 11 is 11.9. The second-order valence-electron chi connectivity index (χ2n) is 7.70. The van der Waals surface area contributed by atoms with Crippen molar-refractivity contribution in [1.29, 1.82) is 0 Å². The lowest BCUT2D eigenvalue weighted by atomic mass is 10.1. The van der Waals surface area contributed by atoms with Crippen LogP contribution in [0.1, 0.15) is 25.2 Å². The number of rotatable bonds is 5. The van der Waals surface area contributed by atoms with Crippen molar-refractivity contribution in [1.82, 2.24) is 14.5 Å². The van der Waals surface area contributed by atoms with Gasteiger partial charge in [-0.1, -0.05) is 42.3 Å². The Kier molecular flexibility index (Phi) is 6.86. The first-order valence-corrected chi connectivity index (χ1v) is 11.3. The highest BCUT2D eigenvalue weighted by atomic mass is 35.5. The van der Waals surface area contributed by atoms with Crippen molar-refractivity contribution < 1.29 is 9.18 Å². The summed E-state index contributed by atoms with van der Waals surface area (Å²) in [7, 11) is 1.63. The van der Waals surface area contributed by atoms with Crippen LogP contribution in [-0.4, -0.2) is 27.5 Å². The molecule has 4 rings (SSSR count). The number of nitrogens with zero attached hydrogens (tertiary/aromatic N) is 3. The lowest BCUT2D eigenvalue weighted by Crippen LogP contribution is -2.38. The van der Waals surface area contributed by atoms with Gasteiger partial charge in [-0.3, -0.25) is 9.36 Å². The van der Waals surface area contributed by atoms with Crippen LogP contribution in [-0.2, 0) is 0 Å². The minimum atomic E-state index is -0.597. The van der Waals surface area contributed by atoms with Crippen LogP contribution in [0.15, 0.2) is 71.5 Å². The molecule has 1 heterocycles. The van der Waals surface area contributed by atoms with Crippen LogP contribution in [0.4, 0.5) is 14.9 Å². The van der Waals surface area contributed by atoms with Crippen LogP contribution in [0, 0.1) is 5.82 Å². The summed E-state index contributed by atoms with van der Waals surface area (Å²) < 4.78 is 15.2. The number of anilines is 1. The van der Waals surface area contributed by atoms with Crippen molar-refractivity contribution in [3.63, 3.8) is 0 Å². The predicted molar refractivity (Wildman–Crippen MR) is 134 cm³/mol. The van der Waals surface area contributed by atoms with Crippen LogP contribution in [0.25, 0.3) is 16.6 Å². The molecule has 34 heavy (non-hydrogen) atoms. The highest BCUT2D eigenvalue weighted by Crippen LogP contribution is 2.27. The third-order valence-corrected chi connectivity index (χ3v) is 6.07. The van der Waals surface area contributed by atoms with E-state index in [2.05, 4.69) is 5.32 Å². The van der Waals surface area contributed by atoms with Crippen LogP contribution < -0.4 is 10.9 Å². The Morgan fingerprint density at radius 1 is 1.12 bits per heavy atom. The molecule has 4 aromatic rings. The zero-order valence-corrected chi connectivity index (χ0v) is 19.9. The Balaban J connectivity index is 1.83. The summed E-state index contributed by atoms with van der Waals surface area (Å²) in [6.45, 7) is 1.89. The van der Waals surface area contributed by atoms with E-state index in [4.69, 9.17) is 28.2 Å². The van der Waals surface area contributed by atoms with E-state index >= 15 is 0 Å². The number of amides is 2. The molecule has 6 nitrogen and oxygen atoms in total. The Hall–Kier alpha value is -3.42. The molecule has 3 aromatic carbocycles. The fourth-order valence-corrected chi connectivity index (χ4v) is 4.06. The zero-order valence-electron chi connectivity index (χ0n) is 18.4. The standard InChI is InChI=1S/C25H21Cl2FN4O2/c1-3-22(31(2)25(34)29-16-10-8-15(26)9-11-16)23-30-21-7-5-4-6-18(21)24(33)32(23)17-12-13-20(28)19(27)14-17/h4-14,22H,3H2,1-2H3,(H,29,34). The lowest BCUT2D eigenvalue weighted by Gasteiger charge is -2.29. The van der Waals surface area contributed by atoms with Gasteiger partial charge in [-0.05, 0) is 61.0 Å². The van der Waals surface area contributed by atoms with Crippen LogP contribution >= 0.6 is 23.2 Å². The minimum Gasteiger partial charge on any atom is -0.317 e. The number of para-hydroxylation sites is 1. The first kappa shape index (κ1) is 23.7. The molecule has 0 radical (unpaired) electrons. The Morgan fingerprint density at radius 2 is 1.82 bits per heavy atom.